The third-order valence-corrected chi connectivity index (χ3v) is 5.11. The molecule has 3 aromatic rings. The largest absolute Gasteiger partial charge is 0.472 e. The lowest BCUT2D eigenvalue weighted by Gasteiger charge is -2.15. The monoisotopic (exact) mass is 339 g/mol. The number of fused-ring (bicyclic) bond motifs is 1. The van der Waals surface area contributed by atoms with Gasteiger partial charge in [0.2, 0.25) is 5.88 Å². The number of thiazole rings is 1. The van der Waals surface area contributed by atoms with E-state index in [4.69, 9.17) is 4.74 Å². The average molecular weight is 339 g/mol. The number of likely N-dealkylation sites (tertiary alicyclic amines) is 1. The Morgan fingerprint density at radius 2 is 2.17 bits per heavy atom. The van der Waals surface area contributed by atoms with E-state index in [2.05, 4.69) is 9.97 Å². The first-order valence-corrected chi connectivity index (χ1v) is 8.75. The molecule has 1 amide bonds. The van der Waals surface area contributed by atoms with Crippen LogP contribution >= 0.6 is 11.3 Å². The molecular formula is C18H17N3O2S. The molecule has 2 aromatic heterocycles. The van der Waals surface area contributed by atoms with Gasteiger partial charge in [-0.1, -0.05) is 18.2 Å². The standard InChI is InChI=1S/C18H17N3O2S/c1-12-6-7-16(19-10-12)23-13-8-9-21(11-13)18(22)17-20-14-4-2-3-5-15(14)24-17/h2-7,10,13H,8-9,11H2,1H3. The summed E-state index contributed by atoms with van der Waals surface area (Å²) in [4.78, 5) is 23.2. The van der Waals surface area contributed by atoms with Crippen LogP contribution in [-0.2, 0) is 0 Å². The number of nitrogens with zero attached hydrogens (tertiary/aromatic N) is 3. The summed E-state index contributed by atoms with van der Waals surface area (Å²) in [7, 11) is 0. The summed E-state index contributed by atoms with van der Waals surface area (Å²) in [5.74, 6) is 0.596. The number of aromatic nitrogens is 2. The molecule has 1 aromatic carbocycles. The van der Waals surface area contributed by atoms with Crippen molar-refractivity contribution in [3.63, 3.8) is 0 Å². The number of para-hydroxylation sites is 1. The molecule has 1 aliphatic heterocycles. The normalized spacial score (nSPS) is 17.4. The second-order valence-corrected chi connectivity index (χ2v) is 6.97. The van der Waals surface area contributed by atoms with E-state index in [1.165, 1.54) is 11.3 Å². The van der Waals surface area contributed by atoms with Crippen LogP contribution in [0.2, 0.25) is 0 Å². The van der Waals surface area contributed by atoms with Gasteiger partial charge in [-0.05, 0) is 24.6 Å². The number of hydrogen-bond donors (Lipinski definition) is 0. The third-order valence-electron chi connectivity index (χ3n) is 4.08. The zero-order chi connectivity index (χ0) is 16.5. The number of rotatable bonds is 3. The summed E-state index contributed by atoms with van der Waals surface area (Å²) in [6.07, 6.45) is 2.58. The lowest BCUT2D eigenvalue weighted by atomic mass is 10.3. The van der Waals surface area contributed by atoms with Crippen LogP contribution in [0, 0.1) is 6.92 Å². The van der Waals surface area contributed by atoms with E-state index >= 15 is 0 Å². The van der Waals surface area contributed by atoms with Crippen LogP contribution in [0.4, 0.5) is 0 Å². The van der Waals surface area contributed by atoms with Gasteiger partial charge in [0.15, 0.2) is 5.01 Å². The Morgan fingerprint density at radius 3 is 2.96 bits per heavy atom. The minimum atomic E-state index is -0.0152. The van der Waals surface area contributed by atoms with Crippen LogP contribution in [0.15, 0.2) is 42.6 Å². The summed E-state index contributed by atoms with van der Waals surface area (Å²) >= 11 is 1.44. The van der Waals surface area contributed by atoms with Gasteiger partial charge < -0.3 is 9.64 Å². The molecule has 122 valence electrons. The SMILES string of the molecule is Cc1ccc(OC2CCN(C(=O)c3nc4ccccc4s3)C2)nc1. The Kier molecular flexibility index (Phi) is 3.90. The minimum Gasteiger partial charge on any atom is -0.472 e. The Hall–Kier alpha value is -2.47. The van der Waals surface area contributed by atoms with Crippen LogP contribution in [0.1, 0.15) is 21.8 Å². The van der Waals surface area contributed by atoms with E-state index in [0.717, 1.165) is 22.2 Å². The van der Waals surface area contributed by atoms with Crippen molar-refractivity contribution in [2.45, 2.75) is 19.4 Å². The first-order chi connectivity index (χ1) is 11.7. The predicted molar refractivity (Wildman–Crippen MR) is 93.5 cm³/mol. The first-order valence-electron chi connectivity index (χ1n) is 7.93. The molecule has 4 rings (SSSR count). The van der Waals surface area contributed by atoms with Gasteiger partial charge in [-0.15, -0.1) is 11.3 Å². The Bertz CT molecular complexity index is 842. The fourth-order valence-corrected chi connectivity index (χ4v) is 3.74. The lowest BCUT2D eigenvalue weighted by Crippen LogP contribution is -2.30. The van der Waals surface area contributed by atoms with Crippen molar-refractivity contribution in [2.75, 3.05) is 13.1 Å². The van der Waals surface area contributed by atoms with Crippen LogP contribution in [0.25, 0.3) is 10.2 Å². The number of hydrogen-bond acceptors (Lipinski definition) is 5. The lowest BCUT2D eigenvalue weighted by molar-refractivity contribution is 0.0771. The van der Waals surface area contributed by atoms with Gasteiger partial charge in [0.05, 0.1) is 16.8 Å². The second kappa shape index (κ2) is 6.20. The topological polar surface area (TPSA) is 55.3 Å². The van der Waals surface area contributed by atoms with E-state index in [0.29, 0.717) is 24.0 Å². The zero-order valence-corrected chi connectivity index (χ0v) is 14.1. The van der Waals surface area contributed by atoms with E-state index < -0.39 is 0 Å². The number of pyridine rings is 1. The molecule has 0 radical (unpaired) electrons. The average Bonchev–Trinajstić information content (AvgIpc) is 3.23. The number of amides is 1. The molecule has 0 N–H and O–H groups in total. The van der Waals surface area contributed by atoms with E-state index in [1.54, 1.807) is 6.20 Å². The van der Waals surface area contributed by atoms with Crippen molar-refractivity contribution >= 4 is 27.5 Å². The Balaban J connectivity index is 1.44. The molecule has 0 bridgehead atoms. The quantitative estimate of drug-likeness (QED) is 0.735. The van der Waals surface area contributed by atoms with Crippen LogP contribution in [0.3, 0.4) is 0 Å². The summed E-state index contributed by atoms with van der Waals surface area (Å²) in [5, 5.41) is 0.547. The summed E-state index contributed by atoms with van der Waals surface area (Å²) in [6.45, 7) is 3.25. The molecule has 6 heteroatoms. The van der Waals surface area contributed by atoms with Gasteiger partial charge in [-0.3, -0.25) is 4.79 Å². The minimum absolute atomic E-state index is 0.0147. The molecule has 0 spiro atoms. The maximum atomic E-state index is 12.7. The molecule has 1 atom stereocenters. The van der Waals surface area contributed by atoms with E-state index in [-0.39, 0.29) is 12.0 Å². The van der Waals surface area contributed by atoms with Gasteiger partial charge >= 0.3 is 0 Å². The number of aryl methyl sites for hydroxylation is 1. The Labute approximate surface area is 143 Å². The van der Waals surface area contributed by atoms with Gasteiger partial charge in [0.1, 0.15) is 6.10 Å². The molecule has 24 heavy (non-hydrogen) atoms. The fourth-order valence-electron chi connectivity index (χ4n) is 2.80. The molecule has 0 saturated carbocycles. The highest BCUT2D eigenvalue weighted by atomic mass is 32.1. The van der Waals surface area contributed by atoms with Gasteiger partial charge in [-0.25, -0.2) is 9.97 Å². The molecule has 5 nitrogen and oxygen atoms in total. The highest BCUT2D eigenvalue weighted by Crippen LogP contribution is 2.25. The second-order valence-electron chi connectivity index (χ2n) is 5.94. The molecule has 1 fully saturated rings. The predicted octanol–water partition coefficient (Wildman–Crippen LogP) is 3.29. The van der Waals surface area contributed by atoms with Crippen LogP contribution < -0.4 is 4.74 Å². The van der Waals surface area contributed by atoms with Crippen molar-refractivity contribution in [2.24, 2.45) is 0 Å². The summed E-state index contributed by atoms with van der Waals surface area (Å²) in [5.41, 5.74) is 1.98. The highest BCUT2D eigenvalue weighted by molar-refractivity contribution is 7.20. The third kappa shape index (κ3) is 2.97. The smallest absolute Gasteiger partial charge is 0.283 e. The molecule has 1 aliphatic rings. The summed E-state index contributed by atoms with van der Waals surface area (Å²) < 4.78 is 6.92. The Morgan fingerprint density at radius 1 is 1.29 bits per heavy atom. The number of carbonyl (C=O) groups is 1. The van der Waals surface area contributed by atoms with Gasteiger partial charge in [0.25, 0.3) is 5.91 Å². The van der Waals surface area contributed by atoms with Gasteiger partial charge in [0, 0.05) is 25.2 Å². The van der Waals surface area contributed by atoms with Crippen LogP contribution in [0.5, 0.6) is 5.88 Å². The zero-order valence-electron chi connectivity index (χ0n) is 13.3. The summed E-state index contributed by atoms with van der Waals surface area (Å²) in [6, 6.07) is 11.7. The number of carbonyl (C=O) groups excluding carboxylic acids is 1. The van der Waals surface area contributed by atoms with Crippen LogP contribution in [-0.4, -0.2) is 40.0 Å². The molecular weight excluding hydrogens is 322 g/mol. The maximum Gasteiger partial charge on any atom is 0.283 e. The van der Waals surface area contributed by atoms with Crippen molar-refractivity contribution in [3.05, 3.63) is 53.2 Å². The maximum absolute atomic E-state index is 12.7. The first kappa shape index (κ1) is 15.1. The molecule has 0 aliphatic carbocycles. The number of benzene rings is 1. The van der Waals surface area contributed by atoms with Crippen molar-refractivity contribution in [3.8, 4) is 5.88 Å². The molecule has 3 heterocycles. The van der Waals surface area contributed by atoms with Crippen molar-refractivity contribution in [1.29, 1.82) is 0 Å². The number of ether oxygens (including phenoxy) is 1. The molecule has 1 saturated heterocycles. The molecule has 1 unspecified atom stereocenters. The highest BCUT2D eigenvalue weighted by Gasteiger charge is 2.30. The van der Waals surface area contributed by atoms with E-state index in [9.17, 15) is 4.79 Å². The fraction of sp³-hybridized carbons (Fsp3) is 0.278. The van der Waals surface area contributed by atoms with Crippen molar-refractivity contribution in [1.82, 2.24) is 14.9 Å². The van der Waals surface area contributed by atoms with Crippen molar-refractivity contribution < 1.29 is 9.53 Å². The van der Waals surface area contributed by atoms with E-state index in [1.807, 2.05) is 48.2 Å². The van der Waals surface area contributed by atoms with Gasteiger partial charge in [-0.2, -0.15) is 0 Å².